The first kappa shape index (κ1) is 14.8. The van der Waals surface area contributed by atoms with Crippen molar-refractivity contribution in [2.45, 2.75) is 11.8 Å². The average Bonchev–Trinajstić information content (AvgIpc) is 2.42. The summed E-state index contributed by atoms with van der Waals surface area (Å²) < 4.78 is 0. The fraction of sp³-hybridized carbons (Fsp3) is 0.500. The van der Waals surface area contributed by atoms with Crippen LogP contribution in [0.5, 0.6) is 0 Å². The van der Waals surface area contributed by atoms with Gasteiger partial charge < -0.3 is 5.32 Å². The van der Waals surface area contributed by atoms with Gasteiger partial charge >= 0.3 is 0 Å². The first-order chi connectivity index (χ1) is 9.16. The Bertz CT molecular complexity index is 445. The van der Waals surface area contributed by atoms with E-state index in [1.54, 1.807) is 0 Å². The second-order valence-electron chi connectivity index (χ2n) is 4.71. The molecule has 1 aromatic carbocycles. The number of rotatable bonds is 4. The van der Waals surface area contributed by atoms with Gasteiger partial charge in [-0.3, -0.25) is 9.69 Å². The van der Waals surface area contributed by atoms with Crippen LogP contribution in [0.25, 0.3) is 0 Å². The molecule has 1 fully saturated rings. The third kappa shape index (κ3) is 4.44. The number of amides is 1. The van der Waals surface area contributed by atoms with Gasteiger partial charge in [0.25, 0.3) is 5.91 Å². The van der Waals surface area contributed by atoms with Crippen LogP contribution in [-0.2, 0) is 0 Å². The smallest absolute Gasteiger partial charge is 0.251 e. The lowest BCUT2D eigenvalue weighted by atomic mass is 10.1. The Morgan fingerprint density at radius 1 is 1.42 bits per heavy atom. The maximum atomic E-state index is 12.1. The molecule has 0 bridgehead atoms. The molecule has 0 atom stereocenters. The monoisotopic (exact) mass is 296 g/mol. The largest absolute Gasteiger partial charge is 0.351 e. The van der Waals surface area contributed by atoms with Crippen LogP contribution < -0.4 is 5.32 Å². The highest BCUT2D eigenvalue weighted by atomic mass is 32.2. The fourth-order valence-corrected chi connectivity index (χ4v) is 3.28. The van der Waals surface area contributed by atoms with Crippen LogP contribution >= 0.6 is 24.4 Å². The molecule has 0 spiro atoms. The average molecular weight is 296 g/mol. The summed E-state index contributed by atoms with van der Waals surface area (Å²) in [5.41, 5.74) is 1.71. The first-order valence-corrected chi connectivity index (χ1v) is 8.15. The molecule has 0 radical (unpaired) electrons. The third-order valence-electron chi connectivity index (χ3n) is 3.28. The molecule has 0 saturated carbocycles. The zero-order valence-corrected chi connectivity index (χ0v) is 12.9. The molecule has 0 aromatic heterocycles. The van der Waals surface area contributed by atoms with Crippen LogP contribution in [0.1, 0.15) is 15.9 Å². The molecule has 1 aliphatic heterocycles. The SMILES string of the molecule is Cc1ccc(S)cc1C(=O)NCCN1CCSCC1. The van der Waals surface area contributed by atoms with Gasteiger partial charge in [-0.25, -0.2) is 0 Å². The van der Waals surface area contributed by atoms with E-state index in [2.05, 4.69) is 22.8 Å². The summed E-state index contributed by atoms with van der Waals surface area (Å²) >= 11 is 6.28. The molecule has 1 heterocycles. The lowest BCUT2D eigenvalue weighted by Crippen LogP contribution is -2.39. The van der Waals surface area contributed by atoms with E-state index in [1.807, 2.05) is 36.9 Å². The van der Waals surface area contributed by atoms with E-state index >= 15 is 0 Å². The van der Waals surface area contributed by atoms with Crippen molar-refractivity contribution in [2.24, 2.45) is 0 Å². The van der Waals surface area contributed by atoms with Gasteiger partial charge in [0.2, 0.25) is 0 Å². The predicted molar refractivity (Wildman–Crippen MR) is 84.5 cm³/mol. The number of carbonyl (C=O) groups excluding carboxylic acids is 1. The van der Waals surface area contributed by atoms with E-state index in [-0.39, 0.29) is 5.91 Å². The van der Waals surface area contributed by atoms with Gasteiger partial charge in [-0.1, -0.05) is 6.07 Å². The first-order valence-electron chi connectivity index (χ1n) is 6.55. The lowest BCUT2D eigenvalue weighted by molar-refractivity contribution is 0.0948. The predicted octanol–water partition coefficient (Wildman–Crippen LogP) is 2.06. The Hall–Kier alpha value is -0.650. The van der Waals surface area contributed by atoms with Crippen LogP contribution in [0.4, 0.5) is 0 Å². The minimum absolute atomic E-state index is 0.000200. The van der Waals surface area contributed by atoms with Crippen LogP contribution in [0.2, 0.25) is 0 Å². The minimum Gasteiger partial charge on any atom is -0.351 e. The van der Waals surface area contributed by atoms with Gasteiger partial charge in [0.1, 0.15) is 0 Å². The molecule has 104 valence electrons. The maximum Gasteiger partial charge on any atom is 0.251 e. The molecule has 0 unspecified atom stereocenters. The molecular formula is C14H20N2OS2. The quantitative estimate of drug-likeness (QED) is 0.834. The second kappa shape index (κ2) is 7.22. The van der Waals surface area contributed by atoms with Crippen molar-refractivity contribution in [2.75, 3.05) is 37.7 Å². The van der Waals surface area contributed by atoms with Crippen molar-refractivity contribution in [1.29, 1.82) is 0 Å². The van der Waals surface area contributed by atoms with E-state index in [9.17, 15) is 4.79 Å². The number of hydrogen-bond donors (Lipinski definition) is 2. The Balaban J connectivity index is 1.82. The summed E-state index contributed by atoms with van der Waals surface area (Å²) in [7, 11) is 0. The molecule has 3 nitrogen and oxygen atoms in total. The Morgan fingerprint density at radius 3 is 2.89 bits per heavy atom. The van der Waals surface area contributed by atoms with Gasteiger partial charge in [0.15, 0.2) is 0 Å². The van der Waals surface area contributed by atoms with Crippen molar-refractivity contribution in [1.82, 2.24) is 10.2 Å². The van der Waals surface area contributed by atoms with Crippen molar-refractivity contribution in [3.05, 3.63) is 29.3 Å². The van der Waals surface area contributed by atoms with Crippen LogP contribution in [0.3, 0.4) is 0 Å². The van der Waals surface area contributed by atoms with Gasteiger partial charge in [-0.15, -0.1) is 12.6 Å². The Kier molecular flexibility index (Phi) is 5.60. The highest BCUT2D eigenvalue weighted by Gasteiger charge is 2.12. The molecule has 1 aliphatic rings. The van der Waals surface area contributed by atoms with E-state index in [4.69, 9.17) is 0 Å². The lowest BCUT2D eigenvalue weighted by Gasteiger charge is -2.26. The van der Waals surface area contributed by atoms with E-state index in [0.29, 0.717) is 6.54 Å². The van der Waals surface area contributed by atoms with Crippen molar-refractivity contribution in [3.8, 4) is 0 Å². The molecule has 1 N–H and O–H groups in total. The Labute approximate surface area is 124 Å². The summed E-state index contributed by atoms with van der Waals surface area (Å²) in [4.78, 5) is 15.3. The molecule has 5 heteroatoms. The highest BCUT2D eigenvalue weighted by molar-refractivity contribution is 7.99. The Morgan fingerprint density at radius 2 is 2.16 bits per heavy atom. The number of nitrogens with one attached hydrogen (secondary N) is 1. The number of thiol groups is 1. The number of aryl methyl sites for hydroxylation is 1. The van der Waals surface area contributed by atoms with E-state index in [0.717, 1.165) is 35.7 Å². The summed E-state index contributed by atoms with van der Waals surface area (Å²) in [6, 6.07) is 5.66. The van der Waals surface area contributed by atoms with Gasteiger partial charge in [0, 0.05) is 48.1 Å². The van der Waals surface area contributed by atoms with Gasteiger partial charge in [-0.05, 0) is 24.6 Å². The third-order valence-corrected chi connectivity index (χ3v) is 4.50. The van der Waals surface area contributed by atoms with E-state index in [1.165, 1.54) is 11.5 Å². The topological polar surface area (TPSA) is 32.3 Å². The summed E-state index contributed by atoms with van der Waals surface area (Å²) in [5, 5.41) is 2.99. The zero-order valence-electron chi connectivity index (χ0n) is 11.2. The number of benzene rings is 1. The minimum atomic E-state index is -0.000200. The van der Waals surface area contributed by atoms with Gasteiger partial charge in [0.05, 0.1) is 0 Å². The van der Waals surface area contributed by atoms with E-state index < -0.39 is 0 Å². The summed E-state index contributed by atoms with van der Waals surface area (Å²) in [6.45, 7) is 5.85. The molecule has 1 saturated heterocycles. The molecule has 1 amide bonds. The molecule has 19 heavy (non-hydrogen) atoms. The van der Waals surface area contributed by atoms with Crippen LogP contribution in [0.15, 0.2) is 23.1 Å². The fourth-order valence-electron chi connectivity index (χ4n) is 2.10. The van der Waals surface area contributed by atoms with Crippen molar-refractivity contribution >= 4 is 30.3 Å². The zero-order chi connectivity index (χ0) is 13.7. The standard InChI is InChI=1S/C14H20N2OS2/c1-11-2-3-12(18)10-13(11)14(17)15-4-5-16-6-8-19-9-7-16/h2-3,10,18H,4-9H2,1H3,(H,15,17). The van der Waals surface area contributed by atoms with Crippen LogP contribution in [-0.4, -0.2) is 48.5 Å². The number of carbonyl (C=O) groups is 1. The summed E-state index contributed by atoms with van der Waals surface area (Å²) in [5.74, 6) is 2.41. The molecule has 0 aliphatic carbocycles. The highest BCUT2D eigenvalue weighted by Crippen LogP contribution is 2.14. The second-order valence-corrected chi connectivity index (χ2v) is 6.45. The summed E-state index contributed by atoms with van der Waals surface area (Å²) in [6.07, 6.45) is 0. The van der Waals surface area contributed by atoms with Crippen molar-refractivity contribution in [3.63, 3.8) is 0 Å². The van der Waals surface area contributed by atoms with Gasteiger partial charge in [-0.2, -0.15) is 11.8 Å². The van der Waals surface area contributed by atoms with Crippen LogP contribution in [0, 0.1) is 6.92 Å². The molecule has 1 aromatic rings. The number of thioether (sulfide) groups is 1. The molecular weight excluding hydrogens is 276 g/mol. The normalized spacial score (nSPS) is 16.3. The number of nitrogens with zero attached hydrogens (tertiary/aromatic N) is 1. The van der Waals surface area contributed by atoms with Crippen molar-refractivity contribution < 1.29 is 4.79 Å². The molecule has 2 rings (SSSR count). The number of hydrogen-bond acceptors (Lipinski definition) is 4. The maximum absolute atomic E-state index is 12.1.